The molecular formula is C36H39Cl2N3O7S. The van der Waals surface area contributed by atoms with Crippen molar-refractivity contribution >= 4 is 46.5 Å². The number of esters is 2. The van der Waals surface area contributed by atoms with Crippen molar-refractivity contribution in [3.8, 4) is 11.5 Å². The topological polar surface area (TPSA) is 113 Å². The molecule has 13 heteroatoms. The van der Waals surface area contributed by atoms with Crippen LogP contribution in [0.15, 0.2) is 73.1 Å². The highest BCUT2D eigenvalue weighted by Crippen LogP contribution is 2.36. The number of nitrogens with one attached hydrogen (secondary N) is 1. The summed E-state index contributed by atoms with van der Waals surface area (Å²) in [6.45, 7) is 1.66. The maximum absolute atomic E-state index is 13.6. The van der Waals surface area contributed by atoms with E-state index >= 15 is 0 Å². The Morgan fingerprint density at radius 2 is 1.73 bits per heavy atom. The van der Waals surface area contributed by atoms with Gasteiger partial charge >= 0.3 is 11.9 Å². The summed E-state index contributed by atoms with van der Waals surface area (Å²) < 4.78 is 23.2. The first-order valence-corrected chi connectivity index (χ1v) is 17.5. The van der Waals surface area contributed by atoms with Gasteiger partial charge in [0.2, 0.25) is 0 Å². The lowest BCUT2D eigenvalue weighted by Crippen LogP contribution is -2.41. The third kappa shape index (κ3) is 9.43. The number of pyridine rings is 1. The molecule has 0 amide bonds. The molecule has 1 fully saturated rings. The molecule has 1 aliphatic heterocycles. The first-order chi connectivity index (χ1) is 23.7. The largest absolute Gasteiger partial charge is 0.619 e. The normalized spacial score (nSPS) is 16.1. The van der Waals surface area contributed by atoms with Gasteiger partial charge in [-0.25, -0.2) is 9.59 Å². The molecule has 2 aromatic carbocycles. The van der Waals surface area contributed by atoms with Gasteiger partial charge in [0.25, 0.3) is 0 Å². The van der Waals surface area contributed by atoms with Crippen LogP contribution in [-0.2, 0) is 27.2 Å². The standard InChI is InChI=1S/C36H39Cl2N3O7S/c1-40-16-8-7-11-25(40)22-47-36(43)34(23-9-5-4-6-10-23)39-19-26-13-15-33(49-26)35(42)48-31(18-27-28(37)20-41(44)21-29(27)38)24-12-14-30(45-2)32(17-24)46-3/h4-6,9-10,12-15,17,20-21,25,31,34,39H,7-8,11,16,18-19,22H2,1-3H3/t25-,31?,34?/m0/s1. The van der Waals surface area contributed by atoms with Gasteiger partial charge in [0.1, 0.15) is 33.7 Å². The smallest absolute Gasteiger partial charge is 0.348 e. The number of hydrogen-bond acceptors (Lipinski definition) is 10. The third-order valence-corrected chi connectivity index (χ3v) is 10.2. The Labute approximate surface area is 300 Å². The van der Waals surface area contributed by atoms with E-state index in [4.69, 9.17) is 42.1 Å². The van der Waals surface area contributed by atoms with Crippen molar-refractivity contribution in [3.63, 3.8) is 0 Å². The van der Waals surface area contributed by atoms with E-state index in [0.717, 1.165) is 36.2 Å². The molecule has 0 bridgehead atoms. The highest BCUT2D eigenvalue weighted by molar-refractivity contribution is 7.13. The van der Waals surface area contributed by atoms with Crippen LogP contribution in [0.25, 0.3) is 0 Å². The summed E-state index contributed by atoms with van der Waals surface area (Å²) in [6.07, 6.45) is 4.93. The number of benzene rings is 2. The number of likely N-dealkylation sites (N-methyl/N-ethyl adjacent to an activating group) is 1. The van der Waals surface area contributed by atoms with Gasteiger partial charge in [0.15, 0.2) is 23.9 Å². The fraction of sp³-hybridized carbons (Fsp3) is 0.361. The number of likely N-dealkylation sites (tertiary alicyclic amines) is 1. The minimum absolute atomic E-state index is 0.0943. The van der Waals surface area contributed by atoms with E-state index in [1.807, 2.05) is 36.4 Å². The Bertz CT molecular complexity index is 1720. The van der Waals surface area contributed by atoms with Crippen LogP contribution in [0.4, 0.5) is 0 Å². The van der Waals surface area contributed by atoms with E-state index < -0.39 is 18.1 Å². The fourth-order valence-corrected chi connectivity index (χ4v) is 7.20. The van der Waals surface area contributed by atoms with Gasteiger partial charge in [-0.15, -0.1) is 11.3 Å². The SMILES string of the molecule is COc1ccc(C(Cc2c(Cl)c[n+]([O-])cc2Cl)OC(=O)c2ccc(CNC(C(=O)OC[C@@H]3CCCCN3C)c3ccccc3)s2)cc1OC. The molecule has 260 valence electrons. The molecule has 0 saturated carbocycles. The first-order valence-electron chi connectivity index (χ1n) is 15.9. The zero-order valence-electron chi connectivity index (χ0n) is 27.5. The number of methoxy groups -OCH3 is 2. The van der Waals surface area contributed by atoms with Crippen molar-refractivity contribution in [2.24, 2.45) is 0 Å². The van der Waals surface area contributed by atoms with Gasteiger partial charge in [0.05, 0.1) is 14.2 Å². The number of hydrogen-bond donors (Lipinski definition) is 1. The number of carbonyl (C=O) groups is 2. The molecule has 5 rings (SSSR count). The molecular weight excluding hydrogens is 689 g/mol. The van der Waals surface area contributed by atoms with Crippen molar-refractivity contribution in [3.05, 3.63) is 115 Å². The lowest BCUT2D eigenvalue weighted by atomic mass is 10.0. The number of aromatic nitrogens is 1. The van der Waals surface area contributed by atoms with E-state index in [2.05, 4.69) is 17.3 Å². The molecule has 0 spiro atoms. The molecule has 3 atom stereocenters. The molecule has 2 unspecified atom stereocenters. The Kier molecular flexibility index (Phi) is 12.8. The Morgan fingerprint density at radius 1 is 1.00 bits per heavy atom. The molecule has 10 nitrogen and oxygen atoms in total. The molecule has 1 aliphatic rings. The zero-order chi connectivity index (χ0) is 34.9. The monoisotopic (exact) mass is 727 g/mol. The molecule has 0 radical (unpaired) electrons. The van der Waals surface area contributed by atoms with Crippen molar-refractivity contribution in [1.29, 1.82) is 0 Å². The number of nitrogens with zero attached hydrogens (tertiary/aromatic N) is 2. The molecule has 1 N–H and O–H groups in total. The second-order valence-corrected chi connectivity index (χ2v) is 13.7. The molecule has 4 aromatic rings. The first kappa shape index (κ1) is 36.4. The maximum Gasteiger partial charge on any atom is 0.348 e. The van der Waals surface area contributed by atoms with E-state index in [-0.39, 0.29) is 28.5 Å². The second kappa shape index (κ2) is 17.2. The number of rotatable bonds is 14. The van der Waals surface area contributed by atoms with Crippen molar-refractivity contribution in [1.82, 2.24) is 10.2 Å². The number of halogens is 2. The number of carbonyl (C=O) groups excluding carboxylic acids is 2. The van der Waals surface area contributed by atoms with Gasteiger partial charge in [-0.2, -0.15) is 4.73 Å². The van der Waals surface area contributed by atoms with Crippen molar-refractivity contribution in [2.75, 3.05) is 34.4 Å². The quantitative estimate of drug-likeness (QED) is 0.0861. The predicted molar refractivity (Wildman–Crippen MR) is 188 cm³/mol. The van der Waals surface area contributed by atoms with E-state index in [0.29, 0.717) is 45.4 Å². The van der Waals surface area contributed by atoms with Gasteiger partial charge in [0, 0.05) is 29.4 Å². The Balaban J connectivity index is 1.30. The molecule has 1 saturated heterocycles. The van der Waals surface area contributed by atoms with Crippen LogP contribution >= 0.6 is 34.5 Å². The van der Waals surface area contributed by atoms with Gasteiger partial charge in [-0.05, 0) is 61.8 Å². The summed E-state index contributed by atoms with van der Waals surface area (Å²) in [5.74, 6) is 0.0490. The lowest BCUT2D eigenvalue weighted by Gasteiger charge is -2.32. The minimum atomic E-state index is -0.839. The maximum atomic E-state index is 13.6. The molecule has 3 heterocycles. The average molecular weight is 729 g/mol. The summed E-state index contributed by atoms with van der Waals surface area (Å²) >= 11 is 14.0. The van der Waals surface area contributed by atoms with E-state index in [1.165, 1.54) is 38.0 Å². The van der Waals surface area contributed by atoms with Crippen LogP contribution < -0.4 is 19.5 Å². The van der Waals surface area contributed by atoms with Crippen LogP contribution in [0.1, 0.15) is 62.6 Å². The van der Waals surface area contributed by atoms with Crippen molar-refractivity contribution < 1.29 is 33.3 Å². The highest BCUT2D eigenvalue weighted by atomic mass is 35.5. The number of piperidine rings is 1. The summed E-state index contributed by atoms with van der Waals surface area (Å²) in [5.41, 5.74) is 1.85. The minimum Gasteiger partial charge on any atom is -0.619 e. The molecule has 49 heavy (non-hydrogen) atoms. The highest BCUT2D eigenvalue weighted by Gasteiger charge is 2.27. The van der Waals surface area contributed by atoms with Gasteiger partial charge in [-0.3, -0.25) is 5.32 Å². The zero-order valence-corrected chi connectivity index (χ0v) is 29.9. The van der Waals surface area contributed by atoms with Crippen molar-refractivity contribution in [2.45, 2.75) is 50.4 Å². The summed E-state index contributed by atoms with van der Waals surface area (Å²) in [7, 11) is 5.11. The summed E-state index contributed by atoms with van der Waals surface area (Å²) in [6, 6.07) is 17.7. The number of ether oxygens (including phenoxy) is 4. The Hall–Kier alpha value is -3.87. The van der Waals surface area contributed by atoms with Crippen LogP contribution in [0.2, 0.25) is 10.0 Å². The van der Waals surface area contributed by atoms with Crippen LogP contribution in [-0.4, -0.2) is 57.3 Å². The van der Waals surface area contributed by atoms with E-state index in [9.17, 15) is 14.8 Å². The van der Waals surface area contributed by atoms with Gasteiger partial charge in [-0.1, -0.05) is 66.0 Å². The average Bonchev–Trinajstić information content (AvgIpc) is 3.58. The molecule has 2 aromatic heterocycles. The predicted octanol–water partition coefficient (Wildman–Crippen LogP) is 6.70. The van der Waals surface area contributed by atoms with Crippen LogP contribution in [0, 0.1) is 5.21 Å². The van der Waals surface area contributed by atoms with Gasteiger partial charge < -0.3 is 29.1 Å². The summed E-state index contributed by atoms with van der Waals surface area (Å²) in [5, 5.41) is 15.5. The second-order valence-electron chi connectivity index (χ2n) is 11.8. The Morgan fingerprint density at radius 3 is 2.43 bits per heavy atom. The summed E-state index contributed by atoms with van der Waals surface area (Å²) in [4.78, 5) is 30.4. The fourth-order valence-electron chi connectivity index (χ4n) is 5.76. The molecule has 0 aliphatic carbocycles. The van der Waals surface area contributed by atoms with Crippen LogP contribution in [0.5, 0.6) is 11.5 Å². The van der Waals surface area contributed by atoms with Crippen LogP contribution in [0.3, 0.4) is 0 Å². The lowest BCUT2D eigenvalue weighted by molar-refractivity contribution is -0.605. The third-order valence-electron chi connectivity index (χ3n) is 8.53. The number of thiophene rings is 1. The van der Waals surface area contributed by atoms with E-state index in [1.54, 1.807) is 24.3 Å².